The lowest BCUT2D eigenvalue weighted by atomic mass is 9.97. The fourth-order valence-electron chi connectivity index (χ4n) is 9.24. The molecule has 0 aromatic rings. The van der Waals surface area contributed by atoms with Gasteiger partial charge in [0.25, 0.3) is 0 Å². The fourth-order valence-corrected chi connectivity index (χ4v) is 9.24. The molecule has 0 aromatic heterocycles. The maximum Gasteiger partial charge on any atom is 0.242 e. The third kappa shape index (κ3) is 28.4. The van der Waals surface area contributed by atoms with Crippen LogP contribution in [0.3, 0.4) is 0 Å². The van der Waals surface area contributed by atoms with Crippen molar-refractivity contribution in [2.45, 2.75) is 217 Å². The summed E-state index contributed by atoms with van der Waals surface area (Å²) in [4.78, 5) is 93.4. The van der Waals surface area contributed by atoms with Gasteiger partial charge in [0.05, 0.1) is 32.7 Å². The van der Waals surface area contributed by atoms with E-state index in [1.54, 1.807) is 19.6 Å². The molecule has 6 amide bonds. The summed E-state index contributed by atoms with van der Waals surface area (Å²) in [6.45, 7) is 22.9. The highest BCUT2D eigenvalue weighted by atomic mass is 16.2. The van der Waals surface area contributed by atoms with E-state index in [1.807, 2.05) is 0 Å². The van der Waals surface area contributed by atoms with Crippen LogP contribution in [0.4, 0.5) is 0 Å². The number of hydrogen-bond acceptors (Lipinski definition) is 7. The highest BCUT2D eigenvalue weighted by molar-refractivity contribution is 5.92. The van der Waals surface area contributed by atoms with E-state index in [-0.39, 0.29) is 91.8 Å². The minimum Gasteiger partial charge on any atom is -0.368 e. The molecule has 0 heterocycles. The molecule has 0 saturated carbocycles. The summed E-state index contributed by atoms with van der Waals surface area (Å²) >= 11 is 0. The van der Waals surface area contributed by atoms with E-state index >= 15 is 4.79 Å². The summed E-state index contributed by atoms with van der Waals surface area (Å²) in [6, 6.07) is 0. The van der Waals surface area contributed by atoms with Crippen molar-refractivity contribution in [2.75, 3.05) is 72.0 Å². The standard InChI is InChI=1S/C55H107N7O6/c1-11-21-28-45(16-6)35-58(40-50(57)63)52(65)42-60(37-47(18-8)30-23-13-3)54(67)44-62(39-49(20-10)32-25-15-5)55(68)43-61(38-48(19-9)31-24-14-4)53(66)41-59(51(64)33-26-27-34-56)36-46(17-7)29-22-12-2/h45-49H,11-44,56H2,1-10H3,(H2,57,63). The van der Waals surface area contributed by atoms with Crippen LogP contribution in [0.1, 0.15) is 217 Å². The van der Waals surface area contributed by atoms with Gasteiger partial charge in [-0.15, -0.1) is 0 Å². The number of hydrogen-bond donors (Lipinski definition) is 2. The van der Waals surface area contributed by atoms with Crippen LogP contribution in [0.2, 0.25) is 0 Å². The first-order chi connectivity index (χ1) is 32.6. The third-order valence-electron chi connectivity index (χ3n) is 14.4. The Kier molecular flexibility index (Phi) is 38.6. The highest BCUT2D eigenvalue weighted by Gasteiger charge is 2.32. The van der Waals surface area contributed by atoms with Gasteiger partial charge in [0, 0.05) is 39.1 Å². The molecule has 4 N–H and O–H groups in total. The molecule has 0 spiro atoms. The second-order valence-electron chi connectivity index (χ2n) is 20.2. The maximum absolute atomic E-state index is 15.0. The van der Waals surface area contributed by atoms with Gasteiger partial charge >= 0.3 is 0 Å². The molecule has 0 bridgehead atoms. The molecule has 0 fully saturated rings. The lowest BCUT2D eigenvalue weighted by Crippen LogP contribution is -2.53. The summed E-state index contributed by atoms with van der Waals surface area (Å²) < 4.78 is 0. The van der Waals surface area contributed by atoms with Gasteiger partial charge < -0.3 is 36.0 Å². The molecule has 0 rings (SSSR count). The zero-order valence-corrected chi connectivity index (χ0v) is 45.8. The van der Waals surface area contributed by atoms with E-state index in [0.717, 1.165) is 135 Å². The summed E-state index contributed by atoms with van der Waals surface area (Å²) in [5, 5.41) is 0. The van der Waals surface area contributed by atoms with Crippen molar-refractivity contribution < 1.29 is 28.8 Å². The number of carbonyl (C=O) groups excluding carboxylic acids is 6. The SMILES string of the molecule is CCCCC(CC)CN(CC(N)=O)C(=O)CN(CC(CC)CCCC)C(=O)CN(CC(CC)CCCC)C(=O)CN(CC(CC)CCCC)C(=O)CN(CC(CC)CCCC)C(=O)CCCCN. The van der Waals surface area contributed by atoms with Crippen molar-refractivity contribution in [3.8, 4) is 0 Å². The number of unbranched alkanes of at least 4 members (excludes halogenated alkanes) is 6. The first kappa shape index (κ1) is 64.8. The molecule has 68 heavy (non-hydrogen) atoms. The van der Waals surface area contributed by atoms with Crippen LogP contribution >= 0.6 is 0 Å². The number of rotatable bonds is 44. The molecule has 5 unspecified atom stereocenters. The van der Waals surface area contributed by atoms with Crippen LogP contribution in [-0.4, -0.2) is 132 Å². The van der Waals surface area contributed by atoms with Crippen LogP contribution in [0.5, 0.6) is 0 Å². The Bertz CT molecular complexity index is 1370. The molecule has 13 heteroatoms. The second kappa shape index (κ2) is 40.5. The van der Waals surface area contributed by atoms with Crippen LogP contribution in [0.15, 0.2) is 0 Å². The van der Waals surface area contributed by atoms with E-state index < -0.39 is 5.91 Å². The highest BCUT2D eigenvalue weighted by Crippen LogP contribution is 2.22. The topological polar surface area (TPSA) is 171 Å². The Hall–Kier alpha value is -3.22. The number of carbonyl (C=O) groups is 6. The molecule has 0 radical (unpaired) electrons. The molecule has 5 atom stereocenters. The normalized spacial score (nSPS) is 13.6. The van der Waals surface area contributed by atoms with Gasteiger partial charge in [0.1, 0.15) is 0 Å². The van der Waals surface area contributed by atoms with Gasteiger partial charge in [0.2, 0.25) is 35.4 Å². The Morgan fingerprint density at radius 1 is 0.338 bits per heavy atom. The average Bonchev–Trinajstić information content (AvgIpc) is 3.33. The van der Waals surface area contributed by atoms with Crippen molar-refractivity contribution >= 4 is 35.4 Å². The predicted molar refractivity (Wildman–Crippen MR) is 282 cm³/mol. The summed E-state index contributed by atoms with van der Waals surface area (Å²) in [6.07, 6.45) is 20.8. The van der Waals surface area contributed by atoms with Crippen LogP contribution in [0, 0.1) is 29.6 Å². The third-order valence-corrected chi connectivity index (χ3v) is 14.4. The Labute approximate surface area is 417 Å². The monoisotopic (exact) mass is 962 g/mol. The first-order valence-corrected chi connectivity index (χ1v) is 28.0. The Morgan fingerprint density at radius 2 is 0.574 bits per heavy atom. The zero-order valence-electron chi connectivity index (χ0n) is 45.8. The fraction of sp³-hybridized carbons (Fsp3) is 0.891. The Morgan fingerprint density at radius 3 is 0.779 bits per heavy atom. The van der Waals surface area contributed by atoms with Crippen molar-refractivity contribution in [1.82, 2.24) is 24.5 Å². The van der Waals surface area contributed by atoms with Crippen LogP contribution in [-0.2, 0) is 28.8 Å². The largest absolute Gasteiger partial charge is 0.368 e. The summed E-state index contributed by atoms with van der Waals surface area (Å²) in [7, 11) is 0. The molecular weight excluding hydrogens is 855 g/mol. The number of nitrogens with zero attached hydrogens (tertiary/aromatic N) is 5. The van der Waals surface area contributed by atoms with Crippen molar-refractivity contribution in [1.29, 1.82) is 0 Å². The van der Waals surface area contributed by atoms with E-state index in [0.29, 0.717) is 52.1 Å². The predicted octanol–water partition coefficient (Wildman–Crippen LogP) is 9.83. The molecule has 0 saturated heterocycles. The minimum absolute atomic E-state index is 0.0560. The second-order valence-corrected chi connectivity index (χ2v) is 20.2. The smallest absolute Gasteiger partial charge is 0.242 e. The van der Waals surface area contributed by atoms with E-state index in [1.165, 1.54) is 4.90 Å². The van der Waals surface area contributed by atoms with Crippen LogP contribution in [0.25, 0.3) is 0 Å². The first-order valence-electron chi connectivity index (χ1n) is 28.0. The molecule has 398 valence electrons. The quantitative estimate of drug-likeness (QED) is 0.0573. The van der Waals surface area contributed by atoms with Gasteiger partial charge in [0.15, 0.2) is 0 Å². The summed E-state index contributed by atoms with van der Waals surface area (Å²) in [5.74, 6) is -0.902. The molecule has 13 nitrogen and oxygen atoms in total. The molecular formula is C55H107N7O6. The molecule has 0 aliphatic carbocycles. The number of primary amides is 1. The lowest BCUT2D eigenvalue weighted by molar-refractivity contribution is -0.148. The number of nitrogens with two attached hydrogens (primary N) is 2. The van der Waals surface area contributed by atoms with Gasteiger partial charge in [-0.05, 0) is 81.1 Å². The van der Waals surface area contributed by atoms with E-state index in [2.05, 4.69) is 69.2 Å². The average molecular weight is 963 g/mol. The zero-order chi connectivity index (χ0) is 51.3. The van der Waals surface area contributed by atoms with Gasteiger partial charge in [-0.1, -0.05) is 166 Å². The number of amides is 6. The maximum atomic E-state index is 15.0. The van der Waals surface area contributed by atoms with Crippen molar-refractivity contribution in [3.63, 3.8) is 0 Å². The van der Waals surface area contributed by atoms with E-state index in [4.69, 9.17) is 11.5 Å². The van der Waals surface area contributed by atoms with E-state index in [9.17, 15) is 24.0 Å². The Balaban J connectivity index is 7.29. The van der Waals surface area contributed by atoms with Gasteiger partial charge in [-0.2, -0.15) is 0 Å². The summed E-state index contributed by atoms with van der Waals surface area (Å²) in [5.41, 5.74) is 11.5. The molecule has 0 aromatic carbocycles. The van der Waals surface area contributed by atoms with Crippen molar-refractivity contribution in [3.05, 3.63) is 0 Å². The molecule has 0 aliphatic rings. The minimum atomic E-state index is -0.592. The van der Waals surface area contributed by atoms with Gasteiger partial charge in [-0.25, -0.2) is 0 Å². The van der Waals surface area contributed by atoms with Crippen LogP contribution < -0.4 is 11.5 Å². The van der Waals surface area contributed by atoms with Crippen molar-refractivity contribution in [2.24, 2.45) is 41.1 Å². The molecule has 0 aliphatic heterocycles. The van der Waals surface area contributed by atoms with Gasteiger partial charge in [-0.3, -0.25) is 28.8 Å². The lowest BCUT2D eigenvalue weighted by Gasteiger charge is -2.35.